The van der Waals surface area contributed by atoms with Gasteiger partial charge < -0.3 is 5.32 Å². The number of hydrogen-bond acceptors (Lipinski definition) is 2. The zero-order valence-electron chi connectivity index (χ0n) is 8.10. The van der Waals surface area contributed by atoms with Crippen molar-refractivity contribution in [2.24, 2.45) is 11.8 Å². The molecule has 0 aromatic carbocycles. The number of ketones is 1. The van der Waals surface area contributed by atoms with E-state index in [9.17, 15) is 4.79 Å². The first-order valence-corrected chi connectivity index (χ1v) is 4.91. The van der Waals surface area contributed by atoms with E-state index in [2.05, 4.69) is 12.2 Å². The molecule has 0 bridgehead atoms. The molecule has 1 N–H and O–H groups in total. The fourth-order valence-corrected chi connectivity index (χ4v) is 1.90. The van der Waals surface area contributed by atoms with Crippen LogP contribution in [0, 0.1) is 11.8 Å². The van der Waals surface area contributed by atoms with E-state index in [0.29, 0.717) is 18.2 Å². The lowest BCUT2D eigenvalue weighted by molar-refractivity contribution is -0.123. The fraction of sp³-hybridized carbons (Fsp3) is 0.900. The largest absolute Gasteiger partial charge is 0.313 e. The monoisotopic (exact) mass is 169 g/mol. The van der Waals surface area contributed by atoms with Gasteiger partial charge in [0.15, 0.2) is 0 Å². The maximum Gasteiger partial charge on any atom is 0.149 e. The van der Waals surface area contributed by atoms with E-state index >= 15 is 0 Å². The van der Waals surface area contributed by atoms with E-state index < -0.39 is 0 Å². The van der Waals surface area contributed by atoms with Crippen LogP contribution in [0.4, 0.5) is 0 Å². The Morgan fingerprint density at radius 3 is 2.42 bits per heavy atom. The van der Waals surface area contributed by atoms with Crippen LogP contribution in [0.25, 0.3) is 0 Å². The van der Waals surface area contributed by atoms with E-state index in [1.54, 1.807) is 0 Å². The Balaban J connectivity index is 2.29. The standard InChI is InChI=1S/C10H19NO/c1-8-3-5-9(6-4-8)10(12)7-11-2/h8-9,11H,3-7H2,1-2H3. The van der Waals surface area contributed by atoms with E-state index in [-0.39, 0.29) is 0 Å². The van der Waals surface area contributed by atoms with Gasteiger partial charge in [0, 0.05) is 5.92 Å². The molecule has 0 aromatic heterocycles. The lowest BCUT2D eigenvalue weighted by Crippen LogP contribution is -2.28. The Labute approximate surface area is 74.7 Å². The topological polar surface area (TPSA) is 29.1 Å². The number of nitrogens with one attached hydrogen (secondary N) is 1. The molecule has 12 heavy (non-hydrogen) atoms. The molecule has 0 amide bonds. The van der Waals surface area contributed by atoms with Gasteiger partial charge in [0.25, 0.3) is 0 Å². The molecule has 0 unspecified atom stereocenters. The first kappa shape index (κ1) is 9.72. The molecule has 0 aromatic rings. The predicted molar refractivity (Wildman–Crippen MR) is 50.1 cm³/mol. The highest BCUT2D eigenvalue weighted by Crippen LogP contribution is 2.28. The van der Waals surface area contributed by atoms with Crippen LogP contribution in [0.15, 0.2) is 0 Å². The summed E-state index contributed by atoms with van der Waals surface area (Å²) in [4.78, 5) is 11.4. The van der Waals surface area contributed by atoms with Gasteiger partial charge in [0.05, 0.1) is 6.54 Å². The van der Waals surface area contributed by atoms with Crippen molar-refractivity contribution < 1.29 is 4.79 Å². The molecule has 0 heterocycles. The van der Waals surface area contributed by atoms with Crippen molar-refractivity contribution in [2.45, 2.75) is 32.6 Å². The summed E-state index contributed by atoms with van der Waals surface area (Å²) in [7, 11) is 1.84. The van der Waals surface area contributed by atoms with Gasteiger partial charge in [-0.3, -0.25) is 4.79 Å². The van der Waals surface area contributed by atoms with Gasteiger partial charge in [-0.1, -0.05) is 19.8 Å². The molecule has 2 heteroatoms. The van der Waals surface area contributed by atoms with Crippen LogP contribution in [-0.4, -0.2) is 19.4 Å². The molecule has 1 rings (SSSR count). The van der Waals surface area contributed by atoms with Crippen LogP contribution in [0.1, 0.15) is 32.6 Å². The second kappa shape index (κ2) is 4.61. The van der Waals surface area contributed by atoms with Crippen molar-refractivity contribution in [3.8, 4) is 0 Å². The van der Waals surface area contributed by atoms with Crippen molar-refractivity contribution in [1.82, 2.24) is 5.32 Å². The molecule has 1 fully saturated rings. The molecule has 70 valence electrons. The summed E-state index contributed by atoms with van der Waals surface area (Å²) < 4.78 is 0. The summed E-state index contributed by atoms with van der Waals surface area (Å²) in [5.41, 5.74) is 0. The Kier molecular flexibility index (Phi) is 3.73. The second-order valence-corrected chi connectivity index (χ2v) is 3.95. The number of hydrogen-bond donors (Lipinski definition) is 1. The van der Waals surface area contributed by atoms with Gasteiger partial charge in [-0.15, -0.1) is 0 Å². The number of likely N-dealkylation sites (N-methyl/N-ethyl adjacent to an activating group) is 1. The van der Waals surface area contributed by atoms with Gasteiger partial charge >= 0.3 is 0 Å². The predicted octanol–water partition coefficient (Wildman–Crippen LogP) is 1.60. The lowest BCUT2D eigenvalue weighted by Gasteiger charge is -2.24. The summed E-state index contributed by atoms with van der Waals surface area (Å²) in [5.74, 6) is 1.60. The quantitative estimate of drug-likeness (QED) is 0.695. The highest BCUT2D eigenvalue weighted by Gasteiger charge is 2.23. The van der Waals surface area contributed by atoms with Crippen molar-refractivity contribution in [3.05, 3.63) is 0 Å². The third kappa shape index (κ3) is 2.59. The maximum absolute atomic E-state index is 11.4. The summed E-state index contributed by atoms with van der Waals surface area (Å²) in [6.07, 6.45) is 4.70. The number of Topliss-reactive ketones (excluding diaryl/α,β-unsaturated/α-hetero) is 1. The molecule has 1 saturated carbocycles. The Morgan fingerprint density at radius 2 is 1.92 bits per heavy atom. The summed E-state index contributed by atoms with van der Waals surface area (Å²) >= 11 is 0. The van der Waals surface area contributed by atoms with Gasteiger partial charge in [0.2, 0.25) is 0 Å². The molecule has 1 aliphatic rings. The minimum absolute atomic E-state index is 0.355. The summed E-state index contributed by atoms with van der Waals surface area (Å²) in [6, 6.07) is 0. The van der Waals surface area contributed by atoms with Gasteiger partial charge in [-0.25, -0.2) is 0 Å². The van der Waals surface area contributed by atoms with Crippen molar-refractivity contribution in [2.75, 3.05) is 13.6 Å². The molecule has 0 spiro atoms. The van der Waals surface area contributed by atoms with Crippen LogP contribution < -0.4 is 5.32 Å². The van der Waals surface area contributed by atoms with Crippen LogP contribution in [0.2, 0.25) is 0 Å². The first-order valence-electron chi connectivity index (χ1n) is 4.91. The molecule has 0 aliphatic heterocycles. The van der Waals surface area contributed by atoms with Crippen LogP contribution in [0.5, 0.6) is 0 Å². The Hall–Kier alpha value is -0.370. The zero-order chi connectivity index (χ0) is 8.97. The third-order valence-corrected chi connectivity index (χ3v) is 2.82. The Bertz CT molecular complexity index is 148. The summed E-state index contributed by atoms with van der Waals surface area (Å²) in [6.45, 7) is 2.83. The molecule has 0 saturated heterocycles. The number of carbonyl (C=O) groups excluding carboxylic acids is 1. The second-order valence-electron chi connectivity index (χ2n) is 3.95. The number of carbonyl (C=O) groups is 1. The van der Waals surface area contributed by atoms with E-state index in [4.69, 9.17) is 0 Å². The summed E-state index contributed by atoms with van der Waals surface area (Å²) in [5, 5.41) is 2.93. The van der Waals surface area contributed by atoms with Crippen molar-refractivity contribution in [3.63, 3.8) is 0 Å². The molecule has 0 radical (unpaired) electrons. The van der Waals surface area contributed by atoms with Crippen LogP contribution >= 0.6 is 0 Å². The minimum Gasteiger partial charge on any atom is -0.313 e. The molecule has 2 nitrogen and oxygen atoms in total. The fourth-order valence-electron chi connectivity index (χ4n) is 1.90. The minimum atomic E-state index is 0.355. The van der Waals surface area contributed by atoms with Gasteiger partial charge in [-0.2, -0.15) is 0 Å². The van der Waals surface area contributed by atoms with Crippen LogP contribution in [0.3, 0.4) is 0 Å². The highest BCUT2D eigenvalue weighted by atomic mass is 16.1. The smallest absolute Gasteiger partial charge is 0.149 e. The Morgan fingerprint density at radius 1 is 1.33 bits per heavy atom. The molecular formula is C10H19NO. The first-order chi connectivity index (χ1) is 5.74. The number of rotatable bonds is 3. The lowest BCUT2D eigenvalue weighted by atomic mass is 9.81. The highest BCUT2D eigenvalue weighted by molar-refractivity contribution is 5.82. The zero-order valence-corrected chi connectivity index (χ0v) is 8.10. The van der Waals surface area contributed by atoms with Gasteiger partial charge in [-0.05, 0) is 25.8 Å². The maximum atomic E-state index is 11.4. The van der Waals surface area contributed by atoms with E-state index in [1.807, 2.05) is 7.05 Å². The average molecular weight is 169 g/mol. The van der Waals surface area contributed by atoms with Gasteiger partial charge in [0.1, 0.15) is 5.78 Å². The van der Waals surface area contributed by atoms with Crippen molar-refractivity contribution >= 4 is 5.78 Å². The van der Waals surface area contributed by atoms with E-state index in [1.165, 1.54) is 12.8 Å². The van der Waals surface area contributed by atoms with Crippen molar-refractivity contribution in [1.29, 1.82) is 0 Å². The molecule has 1 aliphatic carbocycles. The molecular weight excluding hydrogens is 150 g/mol. The normalized spacial score (nSPS) is 30.2. The SMILES string of the molecule is CNCC(=O)C1CCC(C)CC1. The average Bonchev–Trinajstić information content (AvgIpc) is 2.06. The van der Waals surface area contributed by atoms with E-state index in [0.717, 1.165) is 18.8 Å². The van der Waals surface area contributed by atoms with Crippen LogP contribution in [-0.2, 0) is 4.79 Å². The third-order valence-electron chi connectivity index (χ3n) is 2.82. The molecule has 0 atom stereocenters.